The standard InChI is InChI=1S/C13H25N3/c1-6-7-8-11(2)15-13(3,4)12-9-14-16(5)10-12/h9-11,15H,6-8H2,1-5H3. The van der Waals surface area contributed by atoms with E-state index in [-0.39, 0.29) is 5.54 Å². The molecule has 1 heterocycles. The summed E-state index contributed by atoms with van der Waals surface area (Å²) in [5.74, 6) is 0. The minimum Gasteiger partial charge on any atom is -0.305 e. The van der Waals surface area contributed by atoms with Gasteiger partial charge in [0, 0.05) is 30.4 Å². The predicted octanol–water partition coefficient (Wildman–Crippen LogP) is 2.82. The van der Waals surface area contributed by atoms with Gasteiger partial charge in [-0.15, -0.1) is 0 Å². The van der Waals surface area contributed by atoms with Crippen LogP contribution < -0.4 is 5.32 Å². The topological polar surface area (TPSA) is 29.9 Å². The van der Waals surface area contributed by atoms with E-state index in [1.165, 1.54) is 24.8 Å². The molecular weight excluding hydrogens is 198 g/mol. The summed E-state index contributed by atoms with van der Waals surface area (Å²) in [6.07, 6.45) is 7.82. The zero-order chi connectivity index (χ0) is 12.2. The molecule has 0 aliphatic heterocycles. The number of nitrogens with zero attached hydrogens (tertiary/aromatic N) is 2. The van der Waals surface area contributed by atoms with E-state index in [9.17, 15) is 0 Å². The van der Waals surface area contributed by atoms with Gasteiger partial charge in [0.05, 0.1) is 6.20 Å². The average molecular weight is 223 g/mol. The molecule has 1 aromatic rings. The first kappa shape index (κ1) is 13.2. The molecule has 92 valence electrons. The summed E-state index contributed by atoms with van der Waals surface area (Å²) in [6, 6.07) is 0.551. The molecule has 0 fully saturated rings. The minimum absolute atomic E-state index is 0.00141. The third-order valence-corrected chi connectivity index (χ3v) is 3.02. The van der Waals surface area contributed by atoms with Crippen molar-refractivity contribution in [2.24, 2.45) is 7.05 Å². The quantitative estimate of drug-likeness (QED) is 0.803. The summed E-state index contributed by atoms with van der Waals surface area (Å²) < 4.78 is 1.86. The Morgan fingerprint density at radius 1 is 1.50 bits per heavy atom. The number of hydrogen-bond acceptors (Lipinski definition) is 2. The SMILES string of the molecule is CCCCC(C)NC(C)(C)c1cnn(C)c1. The van der Waals surface area contributed by atoms with Crippen molar-refractivity contribution in [2.75, 3.05) is 0 Å². The van der Waals surface area contributed by atoms with Gasteiger partial charge in [-0.2, -0.15) is 5.10 Å². The number of aromatic nitrogens is 2. The highest BCUT2D eigenvalue weighted by molar-refractivity contribution is 5.15. The van der Waals surface area contributed by atoms with Crippen LogP contribution in [0.4, 0.5) is 0 Å². The maximum Gasteiger partial charge on any atom is 0.0540 e. The zero-order valence-electron chi connectivity index (χ0n) is 11.2. The van der Waals surface area contributed by atoms with Gasteiger partial charge < -0.3 is 5.32 Å². The van der Waals surface area contributed by atoms with Gasteiger partial charge in [-0.05, 0) is 27.2 Å². The van der Waals surface area contributed by atoms with E-state index in [0.717, 1.165) is 0 Å². The Morgan fingerprint density at radius 3 is 2.69 bits per heavy atom. The fourth-order valence-corrected chi connectivity index (χ4v) is 2.03. The molecule has 3 nitrogen and oxygen atoms in total. The Hall–Kier alpha value is -0.830. The van der Waals surface area contributed by atoms with E-state index in [4.69, 9.17) is 0 Å². The van der Waals surface area contributed by atoms with Crippen LogP contribution in [0, 0.1) is 0 Å². The van der Waals surface area contributed by atoms with Crippen molar-refractivity contribution in [3.05, 3.63) is 18.0 Å². The number of hydrogen-bond donors (Lipinski definition) is 1. The Labute approximate surface area is 99.2 Å². The number of unbranched alkanes of at least 4 members (excludes halogenated alkanes) is 1. The van der Waals surface area contributed by atoms with Gasteiger partial charge in [-0.25, -0.2) is 0 Å². The molecule has 1 aromatic heterocycles. The lowest BCUT2D eigenvalue weighted by molar-refractivity contribution is 0.337. The van der Waals surface area contributed by atoms with Crippen molar-refractivity contribution in [2.45, 2.75) is 58.5 Å². The van der Waals surface area contributed by atoms with Gasteiger partial charge in [0.1, 0.15) is 0 Å². The van der Waals surface area contributed by atoms with Crippen molar-refractivity contribution in [3.8, 4) is 0 Å². The van der Waals surface area contributed by atoms with Crippen molar-refractivity contribution in [1.29, 1.82) is 0 Å². The van der Waals surface area contributed by atoms with Crippen molar-refractivity contribution in [1.82, 2.24) is 15.1 Å². The van der Waals surface area contributed by atoms with Crippen LogP contribution in [0.1, 0.15) is 52.5 Å². The molecule has 1 N–H and O–H groups in total. The van der Waals surface area contributed by atoms with Crippen LogP contribution in [0.5, 0.6) is 0 Å². The normalized spacial score (nSPS) is 14.1. The lowest BCUT2D eigenvalue weighted by atomic mass is 9.95. The number of nitrogens with one attached hydrogen (secondary N) is 1. The number of rotatable bonds is 6. The molecule has 0 saturated carbocycles. The summed E-state index contributed by atoms with van der Waals surface area (Å²) in [4.78, 5) is 0. The first-order valence-electron chi connectivity index (χ1n) is 6.22. The second kappa shape index (κ2) is 5.48. The molecule has 16 heavy (non-hydrogen) atoms. The molecule has 0 aromatic carbocycles. The van der Waals surface area contributed by atoms with Crippen LogP contribution in [-0.2, 0) is 12.6 Å². The van der Waals surface area contributed by atoms with Gasteiger partial charge >= 0.3 is 0 Å². The fourth-order valence-electron chi connectivity index (χ4n) is 2.03. The predicted molar refractivity (Wildman–Crippen MR) is 68.4 cm³/mol. The number of aryl methyl sites for hydroxylation is 1. The fraction of sp³-hybridized carbons (Fsp3) is 0.769. The van der Waals surface area contributed by atoms with Crippen LogP contribution in [0.3, 0.4) is 0 Å². The van der Waals surface area contributed by atoms with E-state index >= 15 is 0 Å². The van der Waals surface area contributed by atoms with Gasteiger partial charge in [0.25, 0.3) is 0 Å². The monoisotopic (exact) mass is 223 g/mol. The molecule has 1 atom stereocenters. The third kappa shape index (κ3) is 3.63. The molecule has 0 radical (unpaired) electrons. The Bertz CT molecular complexity index is 315. The molecule has 0 bridgehead atoms. The molecular formula is C13H25N3. The average Bonchev–Trinajstić information content (AvgIpc) is 2.62. The molecule has 1 rings (SSSR count). The molecule has 0 aliphatic rings. The maximum absolute atomic E-state index is 4.23. The van der Waals surface area contributed by atoms with Crippen molar-refractivity contribution < 1.29 is 0 Å². The Kier molecular flexibility index (Phi) is 4.54. The smallest absolute Gasteiger partial charge is 0.0540 e. The Balaban J connectivity index is 2.57. The summed E-state index contributed by atoms with van der Waals surface area (Å²) >= 11 is 0. The van der Waals surface area contributed by atoms with Crippen LogP contribution in [0.2, 0.25) is 0 Å². The van der Waals surface area contributed by atoms with Gasteiger partial charge in [-0.1, -0.05) is 19.8 Å². The van der Waals surface area contributed by atoms with Crippen LogP contribution in [0.15, 0.2) is 12.4 Å². The van der Waals surface area contributed by atoms with Gasteiger partial charge in [-0.3, -0.25) is 4.68 Å². The first-order chi connectivity index (χ1) is 7.45. The van der Waals surface area contributed by atoms with E-state index in [2.05, 4.69) is 44.3 Å². The summed E-state index contributed by atoms with van der Waals surface area (Å²) in [5.41, 5.74) is 1.25. The van der Waals surface area contributed by atoms with E-state index in [1.54, 1.807) is 0 Å². The van der Waals surface area contributed by atoms with E-state index in [1.807, 2.05) is 17.9 Å². The molecule has 0 amide bonds. The highest BCUT2D eigenvalue weighted by Gasteiger charge is 2.23. The molecule has 0 saturated heterocycles. The van der Waals surface area contributed by atoms with Gasteiger partial charge in [0.15, 0.2) is 0 Å². The van der Waals surface area contributed by atoms with E-state index < -0.39 is 0 Å². The van der Waals surface area contributed by atoms with Crippen LogP contribution >= 0.6 is 0 Å². The molecule has 0 aliphatic carbocycles. The Morgan fingerprint density at radius 2 is 2.19 bits per heavy atom. The lowest BCUT2D eigenvalue weighted by Crippen LogP contribution is -2.42. The summed E-state index contributed by atoms with van der Waals surface area (Å²) in [7, 11) is 1.96. The second-order valence-electron chi connectivity index (χ2n) is 5.22. The summed E-state index contributed by atoms with van der Waals surface area (Å²) in [6.45, 7) is 8.92. The maximum atomic E-state index is 4.23. The highest BCUT2D eigenvalue weighted by Crippen LogP contribution is 2.20. The lowest BCUT2D eigenvalue weighted by Gasteiger charge is -2.29. The minimum atomic E-state index is 0.00141. The van der Waals surface area contributed by atoms with E-state index in [0.29, 0.717) is 6.04 Å². The second-order valence-corrected chi connectivity index (χ2v) is 5.22. The van der Waals surface area contributed by atoms with Crippen molar-refractivity contribution >= 4 is 0 Å². The zero-order valence-corrected chi connectivity index (χ0v) is 11.2. The first-order valence-corrected chi connectivity index (χ1v) is 6.22. The third-order valence-electron chi connectivity index (χ3n) is 3.02. The largest absolute Gasteiger partial charge is 0.305 e. The van der Waals surface area contributed by atoms with Crippen LogP contribution in [-0.4, -0.2) is 15.8 Å². The van der Waals surface area contributed by atoms with Crippen LogP contribution in [0.25, 0.3) is 0 Å². The molecule has 0 spiro atoms. The molecule has 1 unspecified atom stereocenters. The highest BCUT2D eigenvalue weighted by atomic mass is 15.2. The van der Waals surface area contributed by atoms with Crippen molar-refractivity contribution in [3.63, 3.8) is 0 Å². The molecule has 3 heteroatoms. The summed E-state index contributed by atoms with van der Waals surface area (Å²) in [5, 5.41) is 7.90. The van der Waals surface area contributed by atoms with Gasteiger partial charge in [0.2, 0.25) is 0 Å².